The van der Waals surface area contributed by atoms with Gasteiger partial charge < -0.3 is 5.11 Å². The van der Waals surface area contributed by atoms with E-state index in [1.54, 1.807) is 0 Å². The molecule has 0 aliphatic heterocycles. The zero-order valence-corrected chi connectivity index (χ0v) is 8.34. The molecule has 1 N–H and O–H groups in total. The van der Waals surface area contributed by atoms with Crippen molar-refractivity contribution in [1.82, 2.24) is 0 Å². The van der Waals surface area contributed by atoms with Crippen molar-refractivity contribution in [1.29, 1.82) is 0 Å². The van der Waals surface area contributed by atoms with Crippen molar-refractivity contribution in [3.63, 3.8) is 0 Å². The number of hydrogen-bond donors (Lipinski definition) is 1. The van der Waals surface area contributed by atoms with E-state index in [1.165, 1.54) is 12.1 Å². The van der Waals surface area contributed by atoms with Crippen LogP contribution in [0.4, 0.5) is 4.39 Å². The maximum Gasteiger partial charge on any atom is 0.167 e. The van der Waals surface area contributed by atoms with Crippen molar-refractivity contribution in [3.05, 3.63) is 29.6 Å². The summed E-state index contributed by atoms with van der Waals surface area (Å²) in [6.45, 7) is 0. The Morgan fingerprint density at radius 3 is 2.85 bits per heavy atom. The van der Waals surface area contributed by atoms with Crippen molar-refractivity contribution in [2.24, 2.45) is 0 Å². The van der Waals surface area contributed by atoms with Crippen LogP contribution >= 0.6 is 15.9 Å². The number of hydrogen-bond acceptors (Lipinski definition) is 2. The molecule has 0 aromatic heterocycles. The molecule has 1 aromatic carbocycles. The molecule has 0 spiro atoms. The quantitative estimate of drug-likeness (QED) is 0.658. The van der Waals surface area contributed by atoms with Gasteiger partial charge in [0.25, 0.3) is 0 Å². The summed E-state index contributed by atoms with van der Waals surface area (Å²) >= 11 is 3.09. The molecule has 0 unspecified atom stereocenters. The molecule has 1 rings (SSSR count). The summed E-state index contributed by atoms with van der Waals surface area (Å²) in [6, 6.07) is 3.92. The fourth-order valence-corrected chi connectivity index (χ4v) is 1.32. The highest BCUT2D eigenvalue weighted by Crippen LogP contribution is 2.21. The first-order chi connectivity index (χ1) is 6.16. The molecule has 0 fully saturated rings. The lowest BCUT2D eigenvalue weighted by molar-refractivity contribution is 0.0986. The van der Waals surface area contributed by atoms with E-state index < -0.39 is 11.6 Å². The topological polar surface area (TPSA) is 37.3 Å². The number of phenols is 1. The summed E-state index contributed by atoms with van der Waals surface area (Å²) in [5.41, 5.74) is 0.0412. The number of halogens is 2. The van der Waals surface area contributed by atoms with Gasteiger partial charge in [0.05, 0.1) is 5.56 Å². The molecule has 0 saturated carbocycles. The molecule has 4 heteroatoms. The molecule has 1 aromatic rings. The van der Waals surface area contributed by atoms with E-state index in [2.05, 4.69) is 15.9 Å². The monoisotopic (exact) mass is 246 g/mol. The number of aromatic hydroxyl groups is 1. The third-order valence-electron chi connectivity index (χ3n) is 1.61. The Labute approximate surface area is 83.5 Å². The van der Waals surface area contributed by atoms with Crippen LogP contribution in [0, 0.1) is 5.82 Å². The van der Waals surface area contributed by atoms with Crippen molar-refractivity contribution in [3.8, 4) is 5.75 Å². The van der Waals surface area contributed by atoms with Gasteiger partial charge in [0, 0.05) is 11.8 Å². The minimum Gasteiger partial charge on any atom is -0.504 e. The summed E-state index contributed by atoms with van der Waals surface area (Å²) in [5.74, 6) is -1.59. The summed E-state index contributed by atoms with van der Waals surface area (Å²) in [6.07, 6.45) is 0.247. The molecule has 0 bridgehead atoms. The number of ketones is 1. The molecule has 2 nitrogen and oxygen atoms in total. The van der Waals surface area contributed by atoms with Crippen LogP contribution in [0.25, 0.3) is 0 Å². The third-order valence-corrected chi connectivity index (χ3v) is 2.01. The number of Topliss-reactive ketones (excluding diaryl/α,β-unsaturated/α-hetero) is 1. The normalized spacial score (nSPS) is 10.0. The molecule has 0 heterocycles. The minimum atomic E-state index is -0.763. The Balaban J connectivity index is 3.01. The third kappa shape index (κ3) is 2.28. The first-order valence-electron chi connectivity index (χ1n) is 3.73. The summed E-state index contributed by atoms with van der Waals surface area (Å²) in [5, 5.41) is 9.69. The van der Waals surface area contributed by atoms with Gasteiger partial charge >= 0.3 is 0 Å². The SMILES string of the molecule is O=C(CCBr)c1cccc(F)c1O. The molecule has 0 amide bonds. The van der Waals surface area contributed by atoms with E-state index in [1.807, 2.05) is 0 Å². The number of rotatable bonds is 3. The summed E-state index contributed by atoms with van der Waals surface area (Å²) < 4.78 is 12.8. The zero-order chi connectivity index (χ0) is 9.84. The first kappa shape index (κ1) is 10.2. The van der Waals surface area contributed by atoms with Gasteiger partial charge in [-0.25, -0.2) is 4.39 Å². The van der Waals surface area contributed by atoms with Gasteiger partial charge in [-0.15, -0.1) is 0 Å². The second-order valence-corrected chi connectivity index (χ2v) is 3.29. The lowest BCUT2D eigenvalue weighted by atomic mass is 10.1. The van der Waals surface area contributed by atoms with Gasteiger partial charge in [0.2, 0.25) is 0 Å². The van der Waals surface area contributed by atoms with Crippen LogP contribution in [-0.2, 0) is 0 Å². The molecule has 0 aliphatic rings. The predicted octanol–water partition coefficient (Wildman–Crippen LogP) is 2.50. The number of benzene rings is 1. The molecule has 13 heavy (non-hydrogen) atoms. The standard InChI is InChI=1S/C9H8BrFO2/c10-5-4-8(12)6-2-1-3-7(11)9(6)13/h1-3,13H,4-5H2. The van der Waals surface area contributed by atoms with Crippen LogP contribution in [-0.4, -0.2) is 16.2 Å². The average Bonchev–Trinajstić information content (AvgIpc) is 2.10. The number of para-hydroxylation sites is 1. The number of carbonyl (C=O) groups excluding carboxylic acids is 1. The van der Waals surface area contributed by atoms with Gasteiger partial charge in [-0.05, 0) is 12.1 Å². The van der Waals surface area contributed by atoms with E-state index in [0.29, 0.717) is 5.33 Å². The van der Waals surface area contributed by atoms with Crippen LogP contribution in [0.5, 0.6) is 5.75 Å². The highest BCUT2D eigenvalue weighted by molar-refractivity contribution is 9.09. The van der Waals surface area contributed by atoms with E-state index in [9.17, 15) is 14.3 Å². The molecule has 0 aliphatic carbocycles. The highest BCUT2D eigenvalue weighted by atomic mass is 79.9. The predicted molar refractivity (Wildman–Crippen MR) is 50.8 cm³/mol. The fraction of sp³-hybridized carbons (Fsp3) is 0.222. The Kier molecular flexibility index (Phi) is 3.42. The van der Waals surface area contributed by atoms with Gasteiger partial charge in [0.15, 0.2) is 17.3 Å². The van der Waals surface area contributed by atoms with E-state index in [0.717, 1.165) is 6.07 Å². The molecular weight excluding hydrogens is 239 g/mol. The van der Waals surface area contributed by atoms with Gasteiger partial charge in [-0.3, -0.25) is 4.79 Å². The van der Waals surface area contributed by atoms with E-state index in [4.69, 9.17) is 0 Å². The molecule has 70 valence electrons. The number of phenolic OH excluding ortho intramolecular Hbond substituents is 1. The number of alkyl halides is 1. The summed E-state index contributed by atoms with van der Waals surface area (Å²) in [4.78, 5) is 11.3. The second kappa shape index (κ2) is 4.37. The van der Waals surface area contributed by atoms with E-state index in [-0.39, 0.29) is 17.8 Å². The molecule has 0 radical (unpaired) electrons. The van der Waals surface area contributed by atoms with Crippen LogP contribution in [0.15, 0.2) is 18.2 Å². The van der Waals surface area contributed by atoms with Crippen LogP contribution in [0.2, 0.25) is 0 Å². The van der Waals surface area contributed by atoms with E-state index >= 15 is 0 Å². The van der Waals surface area contributed by atoms with Crippen molar-refractivity contribution >= 4 is 21.7 Å². The lowest BCUT2D eigenvalue weighted by Crippen LogP contribution is -2.00. The molecule has 0 atom stereocenters. The largest absolute Gasteiger partial charge is 0.504 e. The Morgan fingerprint density at radius 1 is 1.54 bits per heavy atom. The fourth-order valence-electron chi connectivity index (χ4n) is 0.961. The minimum absolute atomic E-state index is 0.0412. The average molecular weight is 247 g/mol. The Hall–Kier alpha value is -0.900. The second-order valence-electron chi connectivity index (χ2n) is 2.50. The lowest BCUT2D eigenvalue weighted by Gasteiger charge is -2.02. The van der Waals surface area contributed by atoms with Crippen molar-refractivity contribution in [2.45, 2.75) is 6.42 Å². The zero-order valence-electron chi connectivity index (χ0n) is 6.76. The Morgan fingerprint density at radius 2 is 2.23 bits per heavy atom. The Bertz CT molecular complexity index is 325. The van der Waals surface area contributed by atoms with Gasteiger partial charge in [-0.1, -0.05) is 22.0 Å². The van der Waals surface area contributed by atoms with Crippen molar-refractivity contribution < 1.29 is 14.3 Å². The highest BCUT2D eigenvalue weighted by Gasteiger charge is 2.12. The van der Waals surface area contributed by atoms with Gasteiger partial charge in [0.1, 0.15) is 0 Å². The van der Waals surface area contributed by atoms with Crippen molar-refractivity contribution in [2.75, 3.05) is 5.33 Å². The number of carbonyl (C=O) groups is 1. The van der Waals surface area contributed by atoms with Crippen LogP contribution in [0.1, 0.15) is 16.8 Å². The maximum absolute atomic E-state index is 12.8. The summed E-state index contributed by atoms with van der Waals surface area (Å²) in [7, 11) is 0. The first-order valence-corrected chi connectivity index (χ1v) is 4.85. The maximum atomic E-state index is 12.8. The molecular formula is C9H8BrFO2. The smallest absolute Gasteiger partial charge is 0.167 e. The van der Waals surface area contributed by atoms with Gasteiger partial charge in [-0.2, -0.15) is 0 Å². The van der Waals surface area contributed by atoms with Crippen LogP contribution in [0.3, 0.4) is 0 Å². The van der Waals surface area contributed by atoms with Crippen LogP contribution < -0.4 is 0 Å². The molecule has 0 saturated heterocycles.